The van der Waals surface area contributed by atoms with E-state index in [0.717, 1.165) is 0 Å². The van der Waals surface area contributed by atoms with Crippen molar-refractivity contribution in [1.82, 2.24) is 15.8 Å². The standard InChI is InChI=1S/C20H35N3O5/c1-6-16(24)18(13(4)5)22-19(27)15-8-7-9-21-23(15)20(28)14(10-12(2)3)11-17(25)26/h12-15,18,21H,6-11H2,1-5H3,(H,22,27)(H,25,26)/t14-,15+,18+/m1/s1. The van der Waals surface area contributed by atoms with E-state index in [-0.39, 0.29) is 35.9 Å². The summed E-state index contributed by atoms with van der Waals surface area (Å²) in [5.41, 5.74) is 2.97. The van der Waals surface area contributed by atoms with Gasteiger partial charge in [-0.15, -0.1) is 0 Å². The van der Waals surface area contributed by atoms with E-state index >= 15 is 0 Å². The summed E-state index contributed by atoms with van der Waals surface area (Å²) >= 11 is 0. The van der Waals surface area contributed by atoms with Crippen LogP contribution in [0.5, 0.6) is 0 Å². The first-order valence-electron chi connectivity index (χ1n) is 10.2. The van der Waals surface area contributed by atoms with Crippen LogP contribution in [-0.2, 0) is 19.2 Å². The first kappa shape index (κ1) is 24.1. The van der Waals surface area contributed by atoms with E-state index in [1.807, 2.05) is 27.7 Å². The molecule has 0 aliphatic carbocycles. The van der Waals surface area contributed by atoms with Crippen LogP contribution in [0.25, 0.3) is 0 Å². The zero-order chi connectivity index (χ0) is 21.4. The molecule has 1 saturated heterocycles. The second kappa shape index (κ2) is 11.1. The molecule has 0 aromatic rings. The van der Waals surface area contributed by atoms with E-state index in [9.17, 15) is 24.3 Å². The average molecular weight is 398 g/mol. The lowest BCUT2D eigenvalue weighted by atomic mass is 9.92. The van der Waals surface area contributed by atoms with Crippen molar-refractivity contribution in [2.24, 2.45) is 17.8 Å². The number of rotatable bonds is 10. The Balaban J connectivity index is 2.99. The second-order valence-corrected chi connectivity index (χ2v) is 8.25. The molecule has 3 N–H and O–H groups in total. The van der Waals surface area contributed by atoms with E-state index in [0.29, 0.717) is 32.2 Å². The number of aliphatic carboxylic acids is 1. The fourth-order valence-electron chi connectivity index (χ4n) is 3.55. The number of hydrogen-bond donors (Lipinski definition) is 3. The fourth-order valence-corrected chi connectivity index (χ4v) is 3.55. The van der Waals surface area contributed by atoms with Crippen molar-refractivity contribution < 1.29 is 24.3 Å². The molecule has 0 saturated carbocycles. The van der Waals surface area contributed by atoms with Crippen molar-refractivity contribution in [3.05, 3.63) is 0 Å². The van der Waals surface area contributed by atoms with Crippen molar-refractivity contribution in [2.45, 2.75) is 78.8 Å². The summed E-state index contributed by atoms with van der Waals surface area (Å²) in [4.78, 5) is 49.3. The Morgan fingerprint density at radius 2 is 1.82 bits per heavy atom. The summed E-state index contributed by atoms with van der Waals surface area (Å²) in [5.74, 6) is -2.44. The van der Waals surface area contributed by atoms with Crippen LogP contribution in [0.2, 0.25) is 0 Å². The minimum Gasteiger partial charge on any atom is -0.481 e. The van der Waals surface area contributed by atoms with Crippen LogP contribution in [0.4, 0.5) is 0 Å². The van der Waals surface area contributed by atoms with E-state index in [4.69, 9.17) is 0 Å². The van der Waals surface area contributed by atoms with Gasteiger partial charge in [-0.25, -0.2) is 5.43 Å². The molecule has 8 heteroatoms. The quantitative estimate of drug-likeness (QED) is 0.517. The van der Waals surface area contributed by atoms with Gasteiger partial charge in [-0.3, -0.25) is 24.2 Å². The van der Waals surface area contributed by atoms with Gasteiger partial charge in [0.25, 0.3) is 0 Å². The van der Waals surface area contributed by atoms with E-state index in [1.54, 1.807) is 6.92 Å². The summed E-state index contributed by atoms with van der Waals surface area (Å²) in [6, 6.07) is -1.35. The molecule has 160 valence electrons. The van der Waals surface area contributed by atoms with Gasteiger partial charge in [-0.1, -0.05) is 34.6 Å². The van der Waals surface area contributed by atoms with Crippen LogP contribution in [0.3, 0.4) is 0 Å². The summed E-state index contributed by atoms with van der Waals surface area (Å²) in [6.07, 6.45) is 1.66. The third kappa shape index (κ3) is 6.89. The molecule has 28 heavy (non-hydrogen) atoms. The molecule has 2 amide bonds. The van der Waals surface area contributed by atoms with Crippen molar-refractivity contribution in [1.29, 1.82) is 0 Å². The normalized spacial score (nSPS) is 19.4. The minimum atomic E-state index is -1.04. The van der Waals surface area contributed by atoms with Gasteiger partial charge < -0.3 is 10.4 Å². The van der Waals surface area contributed by atoms with Gasteiger partial charge in [0.1, 0.15) is 6.04 Å². The Morgan fingerprint density at radius 1 is 1.18 bits per heavy atom. The highest BCUT2D eigenvalue weighted by molar-refractivity contribution is 5.93. The lowest BCUT2D eigenvalue weighted by Crippen LogP contribution is -2.61. The Labute approximate surface area is 167 Å². The summed E-state index contributed by atoms with van der Waals surface area (Å²) < 4.78 is 0. The van der Waals surface area contributed by atoms with Gasteiger partial charge in [0, 0.05) is 13.0 Å². The third-order valence-corrected chi connectivity index (χ3v) is 4.97. The number of carbonyl (C=O) groups excluding carboxylic acids is 3. The zero-order valence-corrected chi connectivity index (χ0v) is 17.7. The first-order chi connectivity index (χ1) is 13.1. The maximum absolute atomic E-state index is 13.0. The van der Waals surface area contributed by atoms with Crippen LogP contribution < -0.4 is 10.7 Å². The highest BCUT2D eigenvalue weighted by atomic mass is 16.4. The van der Waals surface area contributed by atoms with Crippen LogP contribution >= 0.6 is 0 Å². The molecule has 0 radical (unpaired) electrons. The number of carboxylic acids is 1. The number of hydrazine groups is 1. The highest BCUT2D eigenvalue weighted by Crippen LogP contribution is 2.22. The molecule has 0 unspecified atom stereocenters. The van der Waals surface area contributed by atoms with Crippen LogP contribution in [0.1, 0.15) is 66.7 Å². The number of carbonyl (C=O) groups is 4. The van der Waals surface area contributed by atoms with Crippen molar-refractivity contribution in [3.8, 4) is 0 Å². The van der Waals surface area contributed by atoms with Gasteiger partial charge in [0.2, 0.25) is 11.8 Å². The largest absolute Gasteiger partial charge is 0.481 e. The lowest BCUT2D eigenvalue weighted by molar-refractivity contribution is -0.153. The molecular formula is C20H35N3O5. The summed E-state index contributed by atoms with van der Waals surface area (Å²) in [5, 5.41) is 13.3. The lowest BCUT2D eigenvalue weighted by Gasteiger charge is -2.38. The van der Waals surface area contributed by atoms with E-state index in [2.05, 4.69) is 10.7 Å². The third-order valence-electron chi connectivity index (χ3n) is 4.97. The highest BCUT2D eigenvalue weighted by Gasteiger charge is 2.38. The molecule has 1 aliphatic heterocycles. The number of hydrogen-bond acceptors (Lipinski definition) is 5. The van der Waals surface area contributed by atoms with Gasteiger partial charge in [-0.05, 0) is 31.1 Å². The summed E-state index contributed by atoms with van der Waals surface area (Å²) in [6.45, 7) is 9.89. The van der Waals surface area contributed by atoms with Gasteiger partial charge in [-0.2, -0.15) is 0 Å². The SMILES string of the molecule is CCC(=O)[C@@H](NC(=O)[C@@H]1CCCNN1C(=O)[C@@H](CC(=O)O)CC(C)C)C(C)C. The predicted octanol–water partition coefficient (Wildman–Crippen LogP) is 1.74. The van der Waals surface area contributed by atoms with Gasteiger partial charge in [0.15, 0.2) is 5.78 Å². The zero-order valence-electron chi connectivity index (χ0n) is 17.7. The fraction of sp³-hybridized carbons (Fsp3) is 0.800. The van der Waals surface area contributed by atoms with E-state index < -0.39 is 24.0 Å². The molecular weight excluding hydrogens is 362 g/mol. The van der Waals surface area contributed by atoms with Crippen molar-refractivity contribution in [2.75, 3.05) is 6.54 Å². The Morgan fingerprint density at radius 3 is 2.32 bits per heavy atom. The molecule has 0 bridgehead atoms. The number of carboxylic acid groups (broad SMARTS) is 1. The maximum Gasteiger partial charge on any atom is 0.304 e. The number of amides is 2. The Hall–Kier alpha value is -1.96. The maximum atomic E-state index is 13.0. The van der Waals surface area contributed by atoms with E-state index in [1.165, 1.54) is 5.01 Å². The Bertz CT molecular complexity index is 576. The van der Waals surface area contributed by atoms with Crippen LogP contribution in [-0.4, -0.2) is 52.3 Å². The van der Waals surface area contributed by atoms with Crippen LogP contribution in [0.15, 0.2) is 0 Å². The molecule has 1 rings (SSSR count). The minimum absolute atomic E-state index is 0.0476. The van der Waals surface area contributed by atoms with Crippen molar-refractivity contribution >= 4 is 23.6 Å². The number of ketones is 1. The molecule has 0 aromatic heterocycles. The Kier molecular flexibility index (Phi) is 9.58. The number of nitrogens with one attached hydrogen (secondary N) is 2. The van der Waals surface area contributed by atoms with Gasteiger partial charge in [0.05, 0.1) is 18.4 Å². The van der Waals surface area contributed by atoms with Crippen LogP contribution in [0, 0.1) is 17.8 Å². The molecule has 1 fully saturated rings. The first-order valence-corrected chi connectivity index (χ1v) is 10.2. The number of Topliss-reactive ketones (excluding diaryl/α,β-unsaturated/α-hetero) is 1. The molecule has 1 aliphatic rings. The predicted molar refractivity (Wildman–Crippen MR) is 105 cm³/mol. The monoisotopic (exact) mass is 397 g/mol. The smallest absolute Gasteiger partial charge is 0.304 e. The molecule has 8 nitrogen and oxygen atoms in total. The molecule has 0 spiro atoms. The molecule has 3 atom stereocenters. The second-order valence-electron chi connectivity index (χ2n) is 8.25. The average Bonchev–Trinajstić information content (AvgIpc) is 2.63. The summed E-state index contributed by atoms with van der Waals surface area (Å²) in [7, 11) is 0. The molecule has 0 aromatic carbocycles. The number of nitrogens with zero attached hydrogens (tertiary/aromatic N) is 1. The topological polar surface area (TPSA) is 116 Å². The molecule has 1 heterocycles. The van der Waals surface area contributed by atoms with Crippen molar-refractivity contribution in [3.63, 3.8) is 0 Å². The van der Waals surface area contributed by atoms with Gasteiger partial charge >= 0.3 is 5.97 Å².